The molecule has 0 saturated heterocycles. The molecule has 0 amide bonds. The summed E-state index contributed by atoms with van der Waals surface area (Å²) >= 11 is 0. The number of hydrogen-bond acceptors (Lipinski definition) is 2. The Morgan fingerprint density at radius 1 is 2.00 bits per heavy atom. The highest BCUT2D eigenvalue weighted by atomic mass is 16.5. The Morgan fingerprint density at radius 2 is 2.71 bits per heavy atom. The fourth-order valence-electron chi connectivity index (χ4n) is 0.211. The molecule has 7 heavy (non-hydrogen) atoms. The number of carbonyl (C=O) groups excluding carboxylic acids is 1. The van der Waals surface area contributed by atoms with Crippen LogP contribution in [0.2, 0.25) is 0 Å². The molecule has 0 rings (SSSR count). The molecule has 0 aromatic heterocycles. The van der Waals surface area contributed by atoms with Crippen LogP contribution in [-0.2, 0) is 9.53 Å². The zero-order chi connectivity index (χ0) is 6.41. The molecule has 0 bridgehead atoms. The van der Waals surface area contributed by atoms with Gasteiger partial charge >= 0.3 is 6.47 Å². The fraction of sp³-hybridized carbons (Fsp3) is 0.800. The summed E-state index contributed by atoms with van der Waals surface area (Å²) in [6.45, 7) is 2.43. The third-order valence-corrected chi connectivity index (χ3v) is 0.538. The third-order valence-electron chi connectivity index (χ3n) is 0.538. The van der Waals surface area contributed by atoms with Gasteiger partial charge in [-0.25, -0.2) is 4.79 Å². The predicted molar refractivity (Wildman–Crippen MR) is 26.6 cm³/mol. The van der Waals surface area contributed by atoms with Crippen molar-refractivity contribution < 1.29 is 10.9 Å². The van der Waals surface area contributed by atoms with Crippen LogP contribution in [-0.4, -0.2) is 13.1 Å². The van der Waals surface area contributed by atoms with E-state index in [0.29, 0.717) is 6.42 Å². The molecule has 0 aromatic carbocycles. The normalized spacial score (nSPS) is 14.7. The quantitative estimate of drug-likeness (QED) is 0.526. The molecule has 1 atom stereocenters. The first-order valence-electron chi connectivity index (χ1n) is 2.84. The smallest absolute Gasteiger partial charge is 0.417 e. The molecule has 1 unspecified atom stereocenters. The minimum atomic E-state index is -0.711. The fourth-order valence-corrected chi connectivity index (χ4v) is 0.211. The van der Waals surface area contributed by atoms with E-state index in [4.69, 9.17) is 1.37 Å². The standard InChI is InChI=1S/C5H9O2/c1-2-3-4-7-5-6/h2-4H2,1H3/i4D. The van der Waals surface area contributed by atoms with E-state index >= 15 is 0 Å². The first-order chi connectivity index (χ1) is 3.81. The third kappa shape index (κ3) is 5.47. The molecule has 0 N–H and O–H groups in total. The van der Waals surface area contributed by atoms with Gasteiger partial charge in [-0.1, -0.05) is 13.3 Å². The van der Waals surface area contributed by atoms with Gasteiger partial charge in [-0.2, -0.15) is 0 Å². The van der Waals surface area contributed by atoms with Crippen molar-refractivity contribution in [2.75, 3.05) is 6.58 Å². The molecule has 0 aromatic rings. The van der Waals surface area contributed by atoms with Gasteiger partial charge in [0.15, 0.2) is 0 Å². The lowest BCUT2D eigenvalue weighted by atomic mass is 10.4. The van der Waals surface area contributed by atoms with Crippen molar-refractivity contribution in [3.05, 3.63) is 0 Å². The molecule has 41 valence electrons. The highest BCUT2D eigenvalue weighted by molar-refractivity contribution is 5.37. The van der Waals surface area contributed by atoms with E-state index in [1.807, 2.05) is 6.92 Å². The van der Waals surface area contributed by atoms with E-state index in [1.54, 1.807) is 0 Å². The van der Waals surface area contributed by atoms with E-state index in [-0.39, 0.29) is 0 Å². The molecule has 2 nitrogen and oxygen atoms in total. The lowest BCUT2D eigenvalue weighted by molar-refractivity contribution is 0.272. The van der Waals surface area contributed by atoms with E-state index < -0.39 is 6.58 Å². The second-order valence-electron chi connectivity index (χ2n) is 1.16. The second-order valence-corrected chi connectivity index (χ2v) is 1.16. The van der Waals surface area contributed by atoms with Gasteiger partial charge in [0.05, 0.1) is 7.95 Å². The van der Waals surface area contributed by atoms with Crippen molar-refractivity contribution in [1.29, 1.82) is 0 Å². The molecule has 0 fully saturated rings. The first-order valence-corrected chi connectivity index (χ1v) is 2.26. The summed E-state index contributed by atoms with van der Waals surface area (Å²) in [7, 11) is 0. The molecule has 0 spiro atoms. The van der Waals surface area contributed by atoms with Crippen molar-refractivity contribution >= 4 is 6.47 Å². The molecule has 1 radical (unpaired) electrons. The summed E-state index contributed by atoms with van der Waals surface area (Å²) in [5, 5.41) is 0. The topological polar surface area (TPSA) is 26.3 Å². The Balaban J connectivity index is 3.03. The maximum atomic E-state index is 9.42. The van der Waals surface area contributed by atoms with Gasteiger partial charge in [0.1, 0.15) is 0 Å². The Morgan fingerprint density at radius 3 is 3.14 bits per heavy atom. The minimum absolute atomic E-state index is 0.592. The Bertz CT molecular complexity index is 65.4. The maximum Gasteiger partial charge on any atom is 0.417 e. The molecular formula is C5H9O2. The average Bonchev–Trinajstić information content (AvgIpc) is 1.68. The summed E-state index contributed by atoms with van der Waals surface area (Å²) in [5.74, 6) is 0. The van der Waals surface area contributed by atoms with Crippen LogP contribution in [0.15, 0.2) is 0 Å². The summed E-state index contributed by atoms with van der Waals surface area (Å²) in [6, 6.07) is 0. The number of ether oxygens (including phenoxy) is 1. The van der Waals surface area contributed by atoms with Crippen LogP contribution in [0.5, 0.6) is 0 Å². The van der Waals surface area contributed by atoms with E-state index in [0.717, 1.165) is 6.42 Å². The maximum absolute atomic E-state index is 9.42. The van der Waals surface area contributed by atoms with Crippen LogP contribution in [0.1, 0.15) is 21.1 Å². The van der Waals surface area contributed by atoms with Crippen molar-refractivity contribution in [2.45, 2.75) is 19.8 Å². The largest absolute Gasteiger partial charge is 0.457 e. The molecule has 0 aliphatic rings. The van der Waals surface area contributed by atoms with Crippen LogP contribution in [0, 0.1) is 0 Å². The van der Waals surface area contributed by atoms with Gasteiger partial charge < -0.3 is 4.74 Å². The van der Waals surface area contributed by atoms with Gasteiger partial charge in [0, 0.05) is 0 Å². The van der Waals surface area contributed by atoms with Gasteiger partial charge in [-0.3, -0.25) is 0 Å². The van der Waals surface area contributed by atoms with Gasteiger partial charge in [-0.05, 0) is 6.42 Å². The van der Waals surface area contributed by atoms with Gasteiger partial charge in [-0.15, -0.1) is 0 Å². The summed E-state index contributed by atoms with van der Waals surface area (Å²) in [5.41, 5.74) is 0. The minimum Gasteiger partial charge on any atom is -0.457 e. The second kappa shape index (κ2) is 5.47. The monoisotopic (exact) mass is 102 g/mol. The molecule has 2 heteroatoms. The summed E-state index contributed by atoms with van der Waals surface area (Å²) in [6.07, 6.45) is 1.45. The zero-order valence-corrected chi connectivity index (χ0v) is 4.31. The van der Waals surface area contributed by atoms with Crippen molar-refractivity contribution in [1.82, 2.24) is 0 Å². The Hall–Kier alpha value is -0.530. The Labute approximate surface area is 44.9 Å². The van der Waals surface area contributed by atoms with E-state index in [9.17, 15) is 4.79 Å². The summed E-state index contributed by atoms with van der Waals surface area (Å²) in [4.78, 5) is 9.42. The SMILES string of the molecule is [2H]C(CCC)O[C]=O. The van der Waals surface area contributed by atoms with Crippen molar-refractivity contribution in [2.24, 2.45) is 0 Å². The molecule has 0 aliphatic carbocycles. The van der Waals surface area contributed by atoms with Crippen LogP contribution in [0.3, 0.4) is 0 Å². The molecule has 0 aliphatic heterocycles. The number of rotatable bonds is 4. The molecule has 0 heterocycles. The highest BCUT2D eigenvalue weighted by Crippen LogP contribution is 1.83. The lowest BCUT2D eigenvalue weighted by Gasteiger charge is -1.89. The van der Waals surface area contributed by atoms with Crippen molar-refractivity contribution in [3.63, 3.8) is 0 Å². The van der Waals surface area contributed by atoms with Crippen LogP contribution in [0.25, 0.3) is 0 Å². The van der Waals surface area contributed by atoms with Gasteiger partial charge in [0.25, 0.3) is 0 Å². The molecule has 0 saturated carbocycles. The van der Waals surface area contributed by atoms with Crippen molar-refractivity contribution in [3.8, 4) is 0 Å². The average molecular weight is 102 g/mol. The van der Waals surface area contributed by atoms with Crippen LogP contribution >= 0.6 is 0 Å². The molecular weight excluding hydrogens is 92.1 g/mol. The highest BCUT2D eigenvalue weighted by Gasteiger charge is 1.79. The van der Waals surface area contributed by atoms with Crippen LogP contribution < -0.4 is 0 Å². The summed E-state index contributed by atoms with van der Waals surface area (Å²) < 4.78 is 11.0. The predicted octanol–water partition coefficient (Wildman–Crippen LogP) is 0.870. The van der Waals surface area contributed by atoms with E-state index in [2.05, 4.69) is 4.74 Å². The van der Waals surface area contributed by atoms with E-state index in [1.165, 1.54) is 6.47 Å². The number of hydrogen-bond donors (Lipinski definition) is 0. The van der Waals surface area contributed by atoms with Gasteiger partial charge in [0.2, 0.25) is 0 Å². The lowest BCUT2D eigenvalue weighted by Crippen LogP contribution is -1.88. The zero-order valence-electron chi connectivity index (χ0n) is 5.31. The first kappa shape index (κ1) is 4.62. The van der Waals surface area contributed by atoms with Crippen LogP contribution in [0.4, 0.5) is 0 Å². The Kier molecular flexibility index (Phi) is 3.61.